The highest BCUT2D eigenvalue weighted by atomic mass is 32.2. The van der Waals surface area contributed by atoms with Crippen LogP contribution in [0, 0.1) is 0 Å². The van der Waals surface area contributed by atoms with Crippen LogP contribution in [-0.4, -0.2) is 41.3 Å². The standard InChI is InChI=1S/C9H18N4OS/c1-14-7-6-13-8(4-3-5-10)11-12-9(13)15-2/h3-7,10H2,1-2H3. The molecule has 1 heterocycles. The Bertz CT molecular complexity index is 290. The lowest BCUT2D eigenvalue weighted by molar-refractivity contribution is 0.183. The van der Waals surface area contributed by atoms with Crippen LogP contribution in [0.15, 0.2) is 5.16 Å². The Morgan fingerprint density at radius 1 is 1.47 bits per heavy atom. The molecule has 2 N–H and O–H groups in total. The Hall–Kier alpha value is -0.590. The first kappa shape index (κ1) is 12.5. The lowest BCUT2D eigenvalue weighted by Gasteiger charge is -2.07. The van der Waals surface area contributed by atoms with Gasteiger partial charge in [0.1, 0.15) is 5.82 Å². The molecule has 0 amide bonds. The van der Waals surface area contributed by atoms with Crippen LogP contribution >= 0.6 is 11.8 Å². The molecular formula is C9H18N4OS. The zero-order chi connectivity index (χ0) is 11.1. The Balaban J connectivity index is 2.70. The van der Waals surface area contributed by atoms with Gasteiger partial charge in [-0.15, -0.1) is 10.2 Å². The third kappa shape index (κ3) is 3.48. The maximum absolute atomic E-state index is 5.48. The van der Waals surface area contributed by atoms with Crippen molar-refractivity contribution in [1.82, 2.24) is 14.8 Å². The summed E-state index contributed by atoms with van der Waals surface area (Å²) in [5, 5.41) is 9.22. The molecule has 86 valence electrons. The van der Waals surface area contributed by atoms with Gasteiger partial charge in [-0.05, 0) is 19.2 Å². The van der Waals surface area contributed by atoms with Gasteiger partial charge in [-0.1, -0.05) is 11.8 Å². The molecule has 0 atom stereocenters. The molecule has 0 unspecified atom stereocenters. The maximum atomic E-state index is 5.48. The Labute approximate surface area is 94.4 Å². The van der Waals surface area contributed by atoms with Crippen LogP contribution in [0.25, 0.3) is 0 Å². The average Bonchev–Trinajstić information content (AvgIpc) is 2.65. The summed E-state index contributed by atoms with van der Waals surface area (Å²) in [6.07, 6.45) is 3.83. The van der Waals surface area contributed by atoms with Gasteiger partial charge >= 0.3 is 0 Å². The van der Waals surface area contributed by atoms with Gasteiger partial charge < -0.3 is 15.0 Å². The van der Waals surface area contributed by atoms with E-state index < -0.39 is 0 Å². The quantitative estimate of drug-likeness (QED) is 0.692. The number of hydrogen-bond acceptors (Lipinski definition) is 5. The molecule has 0 saturated heterocycles. The summed E-state index contributed by atoms with van der Waals surface area (Å²) in [4.78, 5) is 0. The third-order valence-corrected chi connectivity index (χ3v) is 2.77. The van der Waals surface area contributed by atoms with E-state index in [1.165, 1.54) is 0 Å². The smallest absolute Gasteiger partial charge is 0.191 e. The van der Waals surface area contributed by atoms with Crippen molar-refractivity contribution in [1.29, 1.82) is 0 Å². The fourth-order valence-electron chi connectivity index (χ4n) is 1.32. The highest BCUT2D eigenvalue weighted by Gasteiger charge is 2.09. The molecule has 0 bridgehead atoms. The van der Waals surface area contributed by atoms with Crippen molar-refractivity contribution in [2.75, 3.05) is 26.5 Å². The highest BCUT2D eigenvalue weighted by molar-refractivity contribution is 7.98. The van der Waals surface area contributed by atoms with Crippen molar-refractivity contribution >= 4 is 11.8 Å². The van der Waals surface area contributed by atoms with Crippen LogP contribution in [0.2, 0.25) is 0 Å². The largest absolute Gasteiger partial charge is 0.383 e. The summed E-state index contributed by atoms with van der Waals surface area (Å²) in [6.45, 7) is 2.17. The zero-order valence-corrected chi connectivity index (χ0v) is 10.1. The number of nitrogens with zero attached hydrogens (tertiary/aromatic N) is 3. The number of aromatic nitrogens is 3. The first-order chi connectivity index (χ1) is 7.33. The average molecular weight is 230 g/mol. The van der Waals surface area contributed by atoms with Gasteiger partial charge in [0.05, 0.1) is 6.61 Å². The monoisotopic (exact) mass is 230 g/mol. The molecule has 0 spiro atoms. The van der Waals surface area contributed by atoms with Crippen molar-refractivity contribution in [3.05, 3.63) is 5.82 Å². The molecule has 0 radical (unpaired) electrons. The number of ether oxygens (including phenoxy) is 1. The molecule has 0 fully saturated rings. The first-order valence-electron chi connectivity index (χ1n) is 4.98. The molecule has 1 rings (SSSR count). The van der Waals surface area contributed by atoms with Gasteiger partial charge in [-0.3, -0.25) is 0 Å². The summed E-state index contributed by atoms with van der Waals surface area (Å²) in [7, 11) is 1.70. The minimum atomic E-state index is 0.682. The number of methoxy groups -OCH3 is 1. The predicted octanol–water partition coefficient (Wildman–Crippen LogP) is 0.538. The minimum absolute atomic E-state index is 0.682. The predicted molar refractivity (Wildman–Crippen MR) is 61.1 cm³/mol. The third-order valence-electron chi connectivity index (χ3n) is 2.10. The SMILES string of the molecule is COCCn1c(CCCN)nnc1SC. The van der Waals surface area contributed by atoms with Crippen LogP contribution in [0.1, 0.15) is 12.2 Å². The fourth-order valence-corrected chi connectivity index (χ4v) is 1.86. The number of hydrogen-bond donors (Lipinski definition) is 1. The molecule has 1 aromatic rings. The van der Waals surface area contributed by atoms with E-state index in [1.54, 1.807) is 18.9 Å². The van der Waals surface area contributed by atoms with Crippen molar-refractivity contribution in [3.8, 4) is 0 Å². The Kier molecular flexibility index (Phi) is 5.67. The minimum Gasteiger partial charge on any atom is -0.383 e. The molecule has 1 aromatic heterocycles. The van der Waals surface area contributed by atoms with Crippen LogP contribution in [0.4, 0.5) is 0 Å². The van der Waals surface area contributed by atoms with Crippen LogP contribution < -0.4 is 5.73 Å². The lowest BCUT2D eigenvalue weighted by atomic mass is 10.3. The van der Waals surface area contributed by atoms with E-state index in [0.29, 0.717) is 13.2 Å². The highest BCUT2D eigenvalue weighted by Crippen LogP contribution is 2.14. The van der Waals surface area contributed by atoms with E-state index in [0.717, 1.165) is 30.4 Å². The maximum Gasteiger partial charge on any atom is 0.191 e. The van der Waals surface area contributed by atoms with Crippen LogP contribution in [-0.2, 0) is 17.7 Å². The summed E-state index contributed by atoms with van der Waals surface area (Å²) >= 11 is 1.60. The summed E-state index contributed by atoms with van der Waals surface area (Å²) in [5.74, 6) is 1.00. The molecule has 6 heteroatoms. The molecule has 0 aromatic carbocycles. The second-order valence-electron chi connectivity index (χ2n) is 3.14. The topological polar surface area (TPSA) is 66.0 Å². The molecule has 5 nitrogen and oxygen atoms in total. The van der Waals surface area contributed by atoms with E-state index in [1.807, 2.05) is 6.26 Å². The summed E-state index contributed by atoms with van der Waals surface area (Å²) in [6, 6.07) is 0. The Morgan fingerprint density at radius 3 is 2.87 bits per heavy atom. The lowest BCUT2D eigenvalue weighted by Crippen LogP contribution is -2.11. The number of aryl methyl sites for hydroxylation is 1. The zero-order valence-electron chi connectivity index (χ0n) is 9.27. The van der Waals surface area contributed by atoms with Gasteiger partial charge in [-0.25, -0.2) is 0 Å². The molecule has 15 heavy (non-hydrogen) atoms. The van der Waals surface area contributed by atoms with Gasteiger partial charge in [-0.2, -0.15) is 0 Å². The summed E-state index contributed by atoms with van der Waals surface area (Å²) < 4.78 is 7.16. The fraction of sp³-hybridized carbons (Fsp3) is 0.778. The van der Waals surface area contributed by atoms with Crippen LogP contribution in [0.3, 0.4) is 0 Å². The van der Waals surface area contributed by atoms with E-state index in [-0.39, 0.29) is 0 Å². The van der Waals surface area contributed by atoms with Crippen molar-refractivity contribution in [3.63, 3.8) is 0 Å². The number of rotatable bonds is 7. The van der Waals surface area contributed by atoms with Gasteiger partial charge in [0.15, 0.2) is 5.16 Å². The van der Waals surface area contributed by atoms with Gasteiger partial charge in [0.25, 0.3) is 0 Å². The van der Waals surface area contributed by atoms with Gasteiger partial charge in [0, 0.05) is 20.1 Å². The molecule has 0 saturated carbocycles. The first-order valence-corrected chi connectivity index (χ1v) is 6.21. The van der Waals surface area contributed by atoms with E-state index in [2.05, 4.69) is 14.8 Å². The van der Waals surface area contributed by atoms with Crippen molar-refractivity contribution in [2.24, 2.45) is 5.73 Å². The normalized spacial score (nSPS) is 10.9. The second-order valence-corrected chi connectivity index (χ2v) is 3.91. The molecule has 0 aliphatic heterocycles. The van der Waals surface area contributed by atoms with E-state index >= 15 is 0 Å². The molecule has 0 aliphatic rings. The summed E-state index contributed by atoms with van der Waals surface area (Å²) in [5.41, 5.74) is 5.48. The number of thioether (sulfide) groups is 1. The van der Waals surface area contributed by atoms with E-state index in [4.69, 9.17) is 10.5 Å². The van der Waals surface area contributed by atoms with Crippen molar-refractivity contribution in [2.45, 2.75) is 24.5 Å². The van der Waals surface area contributed by atoms with Crippen LogP contribution in [0.5, 0.6) is 0 Å². The second kappa shape index (κ2) is 6.81. The Morgan fingerprint density at radius 2 is 2.27 bits per heavy atom. The number of nitrogens with two attached hydrogens (primary N) is 1. The molecular weight excluding hydrogens is 212 g/mol. The van der Waals surface area contributed by atoms with Gasteiger partial charge in [0.2, 0.25) is 0 Å². The van der Waals surface area contributed by atoms with E-state index in [9.17, 15) is 0 Å². The van der Waals surface area contributed by atoms with Crippen molar-refractivity contribution < 1.29 is 4.74 Å². The molecule has 0 aliphatic carbocycles.